The minimum Gasteiger partial charge on any atom is -0.443 e. The quantitative estimate of drug-likeness (QED) is 0.670. The molecule has 0 aliphatic heterocycles. The fourth-order valence-electron chi connectivity index (χ4n) is 1.55. The molecule has 0 aliphatic rings. The van der Waals surface area contributed by atoms with Crippen molar-refractivity contribution >= 4 is 33.7 Å². The zero-order chi connectivity index (χ0) is 13.9. The van der Waals surface area contributed by atoms with Gasteiger partial charge in [-0.05, 0) is 26.8 Å². The number of hydrogen-bond donors (Lipinski definition) is 1. The molecule has 4 nitrogen and oxygen atoms in total. The van der Waals surface area contributed by atoms with Gasteiger partial charge in [-0.3, -0.25) is 0 Å². The van der Waals surface area contributed by atoms with Crippen LogP contribution in [0, 0.1) is 0 Å². The molecule has 0 unspecified atom stereocenters. The second-order valence-electron chi connectivity index (χ2n) is 5.06. The molecular weight excluding hydrogens is 260 g/mol. The lowest BCUT2D eigenvalue weighted by molar-refractivity contribution is 0.0529. The van der Waals surface area contributed by atoms with E-state index < -0.39 is 11.7 Å². The van der Waals surface area contributed by atoms with Gasteiger partial charge in [0.05, 0.1) is 6.21 Å². The van der Waals surface area contributed by atoms with Gasteiger partial charge in [0.25, 0.3) is 0 Å². The third-order valence-electron chi connectivity index (χ3n) is 2.27. The van der Waals surface area contributed by atoms with Crippen molar-refractivity contribution in [2.75, 3.05) is 0 Å². The Bertz CT molecular complexity index is 611. The number of carbonyl (C=O) groups is 1. The van der Waals surface area contributed by atoms with Crippen LogP contribution in [0.1, 0.15) is 26.3 Å². The van der Waals surface area contributed by atoms with E-state index >= 15 is 0 Å². The molecule has 0 radical (unpaired) electrons. The third kappa shape index (κ3) is 3.79. The number of hydrazone groups is 1. The topological polar surface area (TPSA) is 50.7 Å². The van der Waals surface area contributed by atoms with E-state index in [0.717, 1.165) is 10.9 Å². The van der Waals surface area contributed by atoms with Crippen molar-refractivity contribution in [3.63, 3.8) is 0 Å². The number of hydrogen-bond acceptors (Lipinski definition) is 4. The van der Waals surface area contributed by atoms with Crippen molar-refractivity contribution in [1.29, 1.82) is 0 Å². The lowest BCUT2D eigenvalue weighted by Gasteiger charge is -2.18. The first-order valence-electron chi connectivity index (χ1n) is 5.94. The highest BCUT2D eigenvalue weighted by Crippen LogP contribution is 2.24. The van der Waals surface area contributed by atoms with Gasteiger partial charge in [-0.2, -0.15) is 5.10 Å². The summed E-state index contributed by atoms with van der Waals surface area (Å²) in [5.41, 5.74) is 2.82. The smallest absolute Gasteiger partial charge is 0.428 e. The normalized spacial score (nSPS) is 11.9. The fraction of sp³-hybridized carbons (Fsp3) is 0.286. The van der Waals surface area contributed by atoms with Crippen molar-refractivity contribution in [2.45, 2.75) is 26.4 Å². The Morgan fingerprint density at radius 1 is 1.37 bits per heavy atom. The highest BCUT2D eigenvalue weighted by molar-refractivity contribution is 7.17. The van der Waals surface area contributed by atoms with E-state index in [9.17, 15) is 4.79 Å². The highest BCUT2D eigenvalue weighted by atomic mass is 32.1. The zero-order valence-electron chi connectivity index (χ0n) is 11.1. The van der Waals surface area contributed by atoms with Crippen LogP contribution in [0.2, 0.25) is 0 Å². The van der Waals surface area contributed by atoms with E-state index in [4.69, 9.17) is 4.74 Å². The number of carbonyl (C=O) groups excluding carboxylic acids is 1. The summed E-state index contributed by atoms with van der Waals surface area (Å²) >= 11 is 1.65. The standard InChI is InChI=1S/C14H16N2O2S/c1-14(2,3)18-13(17)16-15-8-10-9-19-12-7-5-4-6-11(10)12/h4-9H,1-3H3,(H,16,17)/b15-8-. The molecule has 1 amide bonds. The molecule has 0 spiro atoms. The van der Waals surface area contributed by atoms with Crippen LogP contribution in [-0.2, 0) is 4.74 Å². The lowest BCUT2D eigenvalue weighted by Crippen LogP contribution is -2.29. The lowest BCUT2D eigenvalue weighted by atomic mass is 10.2. The molecule has 2 aromatic rings. The molecule has 0 aliphatic carbocycles. The SMILES string of the molecule is CC(C)(C)OC(=O)N/N=C\c1csc2ccccc12. The highest BCUT2D eigenvalue weighted by Gasteiger charge is 2.15. The molecule has 0 saturated carbocycles. The Hall–Kier alpha value is -1.88. The maximum atomic E-state index is 11.4. The first-order valence-corrected chi connectivity index (χ1v) is 6.82. The average molecular weight is 276 g/mol. The molecule has 5 heteroatoms. The Kier molecular flexibility index (Phi) is 3.85. The third-order valence-corrected chi connectivity index (χ3v) is 3.25. The number of thiophene rings is 1. The molecule has 2 rings (SSSR count). The maximum absolute atomic E-state index is 11.4. The zero-order valence-corrected chi connectivity index (χ0v) is 12.0. The summed E-state index contributed by atoms with van der Waals surface area (Å²) in [7, 11) is 0. The first kappa shape index (κ1) is 13.5. The van der Waals surface area contributed by atoms with Crippen LogP contribution in [0.25, 0.3) is 10.1 Å². The Morgan fingerprint density at radius 2 is 2.11 bits per heavy atom. The van der Waals surface area contributed by atoms with E-state index in [2.05, 4.69) is 16.6 Å². The summed E-state index contributed by atoms with van der Waals surface area (Å²) in [5, 5.41) is 7.04. The number of ether oxygens (including phenoxy) is 1. The molecule has 0 saturated heterocycles. The van der Waals surface area contributed by atoms with E-state index in [1.54, 1.807) is 17.6 Å². The van der Waals surface area contributed by atoms with Gasteiger partial charge >= 0.3 is 6.09 Å². The van der Waals surface area contributed by atoms with Crippen molar-refractivity contribution in [3.05, 3.63) is 35.2 Å². The largest absolute Gasteiger partial charge is 0.443 e. The van der Waals surface area contributed by atoms with Gasteiger partial charge in [-0.1, -0.05) is 18.2 Å². The molecule has 0 fully saturated rings. The van der Waals surface area contributed by atoms with Crippen molar-refractivity contribution in [1.82, 2.24) is 5.43 Å². The molecule has 1 aromatic carbocycles. The first-order chi connectivity index (χ1) is 8.96. The minimum absolute atomic E-state index is 0.519. The van der Waals surface area contributed by atoms with Gasteiger partial charge in [0.1, 0.15) is 5.60 Å². The Labute approximate surface area is 116 Å². The minimum atomic E-state index is -0.553. The summed E-state index contributed by atoms with van der Waals surface area (Å²) in [4.78, 5) is 11.4. The summed E-state index contributed by atoms with van der Waals surface area (Å²) in [6.45, 7) is 5.42. The number of amides is 1. The van der Waals surface area contributed by atoms with E-state index in [1.165, 1.54) is 4.70 Å². The molecule has 100 valence electrons. The maximum Gasteiger partial charge on any atom is 0.428 e. The van der Waals surface area contributed by atoms with E-state index in [-0.39, 0.29) is 0 Å². The van der Waals surface area contributed by atoms with Crippen molar-refractivity contribution in [3.8, 4) is 0 Å². The van der Waals surface area contributed by atoms with Gasteiger partial charge in [-0.25, -0.2) is 10.2 Å². The summed E-state index contributed by atoms with van der Waals surface area (Å²) in [5.74, 6) is 0. The molecule has 1 aromatic heterocycles. The number of benzene rings is 1. The van der Waals surface area contributed by atoms with Gasteiger partial charge in [0, 0.05) is 21.0 Å². The predicted octanol–water partition coefficient (Wildman–Crippen LogP) is 3.76. The van der Waals surface area contributed by atoms with Gasteiger partial charge in [0.15, 0.2) is 0 Å². The van der Waals surface area contributed by atoms with E-state index in [1.807, 2.05) is 44.4 Å². The second kappa shape index (κ2) is 5.40. The molecule has 19 heavy (non-hydrogen) atoms. The monoisotopic (exact) mass is 276 g/mol. The number of nitrogens with one attached hydrogen (secondary N) is 1. The number of rotatable bonds is 2. The number of fused-ring (bicyclic) bond motifs is 1. The van der Waals surface area contributed by atoms with Crippen molar-refractivity contribution in [2.24, 2.45) is 5.10 Å². The Morgan fingerprint density at radius 3 is 2.84 bits per heavy atom. The average Bonchev–Trinajstić information content (AvgIpc) is 2.70. The molecule has 1 heterocycles. The Balaban J connectivity index is 2.01. The van der Waals surface area contributed by atoms with Crippen LogP contribution < -0.4 is 5.43 Å². The number of nitrogens with zero attached hydrogens (tertiary/aromatic N) is 1. The summed E-state index contributed by atoms with van der Waals surface area (Å²) in [6.07, 6.45) is 1.08. The van der Waals surface area contributed by atoms with Gasteiger partial charge in [0.2, 0.25) is 0 Å². The summed E-state index contributed by atoms with van der Waals surface area (Å²) in [6, 6.07) is 8.06. The van der Waals surface area contributed by atoms with Gasteiger partial charge in [-0.15, -0.1) is 11.3 Å². The van der Waals surface area contributed by atoms with Crippen LogP contribution in [-0.4, -0.2) is 17.9 Å². The molecule has 0 bridgehead atoms. The summed E-state index contributed by atoms with van der Waals surface area (Å²) < 4.78 is 6.28. The van der Waals surface area contributed by atoms with Crippen LogP contribution >= 0.6 is 11.3 Å². The van der Waals surface area contributed by atoms with Crippen LogP contribution in [0.4, 0.5) is 4.79 Å². The van der Waals surface area contributed by atoms with Gasteiger partial charge < -0.3 is 4.74 Å². The second-order valence-corrected chi connectivity index (χ2v) is 5.97. The van der Waals surface area contributed by atoms with Crippen LogP contribution in [0.5, 0.6) is 0 Å². The van der Waals surface area contributed by atoms with Crippen LogP contribution in [0.15, 0.2) is 34.7 Å². The molecular formula is C14H16N2O2S. The molecule has 1 N–H and O–H groups in total. The van der Waals surface area contributed by atoms with Crippen LogP contribution in [0.3, 0.4) is 0 Å². The fourth-order valence-corrected chi connectivity index (χ4v) is 2.47. The van der Waals surface area contributed by atoms with E-state index in [0.29, 0.717) is 0 Å². The van der Waals surface area contributed by atoms with Crippen molar-refractivity contribution < 1.29 is 9.53 Å². The molecule has 0 atom stereocenters. The predicted molar refractivity (Wildman–Crippen MR) is 78.8 cm³/mol.